The molecule has 0 saturated carbocycles. The second kappa shape index (κ2) is 8.86. The lowest BCUT2D eigenvalue weighted by atomic mass is 10.0. The van der Waals surface area contributed by atoms with E-state index in [1.165, 1.54) is 0 Å². The summed E-state index contributed by atoms with van der Waals surface area (Å²) in [4.78, 5) is 31.8. The van der Waals surface area contributed by atoms with Gasteiger partial charge in [-0.05, 0) is 41.5 Å². The maximum atomic E-state index is 12.8. The Morgan fingerprint density at radius 1 is 1.00 bits per heavy atom. The highest BCUT2D eigenvalue weighted by Gasteiger charge is 2.24. The van der Waals surface area contributed by atoms with E-state index in [0.717, 1.165) is 17.1 Å². The van der Waals surface area contributed by atoms with Crippen LogP contribution in [0.5, 0.6) is 0 Å². The molecule has 0 bridgehead atoms. The first-order chi connectivity index (χ1) is 15.5. The molecule has 0 atom stereocenters. The van der Waals surface area contributed by atoms with Crippen molar-refractivity contribution in [2.75, 3.05) is 10.7 Å². The average Bonchev–Trinajstić information content (AvgIpc) is 2.80. The van der Waals surface area contributed by atoms with Crippen molar-refractivity contribution in [3.8, 4) is 0 Å². The summed E-state index contributed by atoms with van der Waals surface area (Å²) >= 11 is 6.13. The van der Waals surface area contributed by atoms with Gasteiger partial charge in [-0.15, -0.1) is 0 Å². The van der Waals surface area contributed by atoms with Crippen LogP contribution in [0.3, 0.4) is 0 Å². The van der Waals surface area contributed by atoms with Gasteiger partial charge in [0.1, 0.15) is 6.33 Å². The monoisotopic (exact) mass is 448 g/mol. The maximum Gasteiger partial charge on any atom is 0.355 e. The van der Waals surface area contributed by atoms with E-state index in [9.17, 15) is 14.9 Å². The predicted octanol–water partition coefficient (Wildman–Crippen LogP) is 5.00. The summed E-state index contributed by atoms with van der Waals surface area (Å²) < 4.78 is 0. The number of nitrogens with one attached hydrogen (secondary N) is 3. The molecule has 160 valence electrons. The van der Waals surface area contributed by atoms with Gasteiger partial charge in [-0.1, -0.05) is 54.1 Å². The number of hydrazine groups is 1. The van der Waals surface area contributed by atoms with Crippen LogP contribution in [0.15, 0.2) is 67.0 Å². The van der Waals surface area contributed by atoms with E-state index in [4.69, 9.17) is 11.6 Å². The van der Waals surface area contributed by atoms with Crippen LogP contribution in [-0.4, -0.2) is 20.8 Å². The molecular formula is C22H17ClN6O3. The largest absolute Gasteiger partial charge is 0.355 e. The van der Waals surface area contributed by atoms with Gasteiger partial charge in [0.25, 0.3) is 5.91 Å². The van der Waals surface area contributed by atoms with Gasteiger partial charge >= 0.3 is 5.69 Å². The fraction of sp³-hybridized carbons (Fsp3) is 0.0455. The van der Waals surface area contributed by atoms with E-state index >= 15 is 0 Å². The van der Waals surface area contributed by atoms with Crippen LogP contribution < -0.4 is 16.2 Å². The summed E-state index contributed by atoms with van der Waals surface area (Å²) in [7, 11) is 0. The number of benzene rings is 3. The number of nitro groups is 1. The van der Waals surface area contributed by atoms with Crippen molar-refractivity contribution < 1.29 is 9.72 Å². The number of fused-ring (bicyclic) bond motifs is 1. The zero-order valence-electron chi connectivity index (χ0n) is 16.8. The number of hydrogen-bond donors (Lipinski definition) is 3. The molecule has 0 aliphatic heterocycles. The van der Waals surface area contributed by atoms with E-state index in [1.807, 2.05) is 30.3 Å². The second-order valence-corrected chi connectivity index (χ2v) is 7.23. The van der Waals surface area contributed by atoms with Crippen molar-refractivity contribution in [3.63, 3.8) is 0 Å². The molecular weight excluding hydrogens is 432 g/mol. The number of carbonyl (C=O) groups excluding carboxylic acids is 1. The number of rotatable bonds is 6. The Hall–Kier alpha value is -4.24. The SMILES string of the molecule is Cc1c(Cl)cccc1Nc1ncnc(NNC(=O)c2cccc3ccccc23)c1[N+](=O)[O-]. The van der Waals surface area contributed by atoms with E-state index in [1.54, 1.807) is 37.3 Å². The number of nitrogens with zero attached hydrogens (tertiary/aromatic N) is 3. The predicted molar refractivity (Wildman–Crippen MR) is 123 cm³/mol. The van der Waals surface area contributed by atoms with Crippen molar-refractivity contribution in [2.45, 2.75) is 6.92 Å². The first-order valence-electron chi connectivity index (χ1n) is 9.51. The molecule has 0 unspecified atom stereocenters. The number of carbonyl (C=O) groups is 1. The van der Waals surface area contributed by atoms with Crippen molar-refractivity contribution in [1.82, 2.24) is 15.4 Å². The number of hydrogen-bond acceptors (Lipinski definition) is 7. The smallest absolute Gasteiger partial charge is 0.334 e. The lowest BCUT2D eigenvalue weighted by molar-refractivity contribution is -0.383. The van der Waals surface area contributed by atoms with Gasteiger partial charge < -0.3 is 5.32 Å². The summed E-state index contributed by atoms with van der Waals surface area (Å²) in [6.45, 7) is 1.78. The molecule has 1 amide bonds. The zero-order chi connectivity index (χ0) is 22.7. The molecule has 0 aliphatic rings. The zero-order valence-corrected chi connectivity index (χ0v) is 17.6. The van der Waals surface area contributed by atoms with E-state index < -0.39 is 16.5 Å². The molecule has 0 saturated heterocycles. The van der Waals surface area contributed by atoms with Crippen LogP contribution in [0, 0.1) is 17.0 Å². The van der Waals surface area contributed by atoms with Gasteiger partial charge in [-0.3, -0.25) is 25.8 Å². The number of aromatic nitrogens is 2. The lowest BCUT2D eigenvalue weighted by Gasteiger charge is -2.13. The Balaban J connectivity index is 1.61. The van der Waals surface area contributed by atoms with E-state index in [2.05, 4.69) is 26.1 Å². The average molecular weight is 449 g/mol. The number of anilines is 3. The normalized spacial score (nSPS) is 10.6. The van der Waals surface area contributed by atoms with Crippen molar-refractivity contribution in [2.24, 2.45) is 0 Å². The Labute approximate surface area is 187 Å². The number of halogens is 1. The van der Waals surface area contributed by atoms with Crippen molar-refractivity contribution in [1.29, 1.82) is 0 Å². The highest BCUT2D eigenvalue weighted by Crippen LogP contribution is 2.33. The molecule has 0 radical (unpaired) electrons. The van der Waals surface area contributed by atoms with Crippen LogP contribution in [0.1, 0.15) is 15.9 Å². The van der Waals surface area contributed by atoms with Gasteiger partial charge in [0, 0.05) is 16.3 Å². The minimum atomic E-state index is -0.630. The molecule has 3 aromatic carbocycles. The lowest BCUT2D eigenvalue weighted by Crippen LogP contribution is -2.30. The Morgan fingerprint density at radius 2 is 1.72 bits per heavy atom. The Bertz CT molecular complexity index is 1340. The van der Waals surface area contributed by atoms with Gasteiger partial charge in [-0.2, -0.15) is 0 Å². The summed E-state index contributed by atoms with van der Waals surface area (Å²) in [5.41, 5.74) is 6.29. The standard InChI is InChI=1S/C22H17ClN6O3/c1-13-17(23)10-5-11-18(13)26-20-19(29(31)32)21(25-12-24-20)27-28-22(30)16-9-4-7-14-6-2-3-8-15(14)16/h2-12H,1H3,(H,28,30)(H2,24,25,26,27). The van der Waals surface area contributed by atoms with Gasteiger partial charge in [0.2, 0.25) is 11.6 Å². The fourth-order valence-electron chi connectivity index (χ4n) is 3.21. The third-order valence-corrected chi connectivity index (χ3v) is 5.26. The molecule has 9 nitrogen and oxygen atoms in total. The third kappa shape index (κ3) is 4.14. The number of amides is 1. The van der Waals surface area contributed by atoms with Crippen LogP contribution >= 0.6 is 11.6 Å². The molecule has 0 aliphatic carbocycles. The fourth-order valence-corrected chi connectivity index (χ4v) is 3.39. The Kier molecular flexibility index (Phi) is 5.82. The highest BCUT2D eigenvalue weighted by molar-refractivity contribution is 6.31. The third-order valence-electron chi connectivity index (χ3n) is 4.85. The van der Waals surface area contributed by atoms with Crippen LogP contribution in [0.25, 0.3) is 10.8 Å². The minimum Gasteiger partial charge on any atom is -0.334 e. The molecule has 4 aromatic rings. The van der Waals surface area contributed by atoms with Crippen molar-refractivity contribution in [3.05, 3.63) is 93.3 Å². The van der Waals surface area contributed by atoms with E-state index in [0.29, 0.717) is 21.8 Å². The maximum absolute atomic E-state index is 12.8. The van der Waals surface area contributed by atoms with Gasteiger partial charge in [0.05, 0.1) is 4.92 Å². The molecule has 32 heavy (non-hydrogen) atoms. The van der Waals surface area contributed by atoms with Gasteiger partial charge in [-0.25, -0.2) is 9.97 Å². The molecule has 1 aromatic heterocycles. The summed E-state index contributed by atoms with van der Waals surface area (Å²) in [5.74, 6) is -0.673. The quantitative estimate of drug-likeness (QED) is 0.280. The van der Waals surface area contributed by atoms with Crippen LogP contribution in [-0.2, 0) is 0 Å². The molecule has 10 heteroatoms. The first-order valence-corrected chi connectivity index (χ1v) is 9.89. The second-order valence-electron chi connectivity index (χ2n) is 6.82. The summed E-state index contributed by atoms with van der Waals surface area (Å²) in [6, 6.07) is 17.9. The molecule has 4 rings (SSSR count). The minimum absolute atomic E-state index is 0.0442. The molecule has 1 heterocycles. The molecule has 0 fully saturated rings. The molecule has 3 N–H and O–H groups in total. The Morgan fingerprint density at radius 3 is 2.53 bits per heavy atom. The highest BCUT2D eigenvalue weighted by atomic mass is 35.5. The summed E-state index contributed by atoms with van der Waals surface area (Å²) in [5, 5.41) is 16.9. The van der Waals surface area contributed by atoms with E-state index in [-0.39, 0.29) is 11.6 Å². The summed E-state index contributed by atoms with van der Waals surface area (Å²) in [6.07, 6.45) is 1.15. The van der Waals surface area contributed by atoms with Gasteiger partial charge in [0.15, 0.2) is 0 Å². The van der Waals surface area contributed by atoms with Crippen LogP contribution in [0.2, 0.25) is 5.02 Å². The van der Waals surface area contributed by atoms with Crippen molar-refractivity contribution >= 4 is 51.3 Å². The van der Waals surface area contributed by atoms with Crippen LogP contribution in [0.4, 0.5) is 23.0 Å². The molecule has 0 spiro atoms. The topological polar surface area (TPSA) is 122 Å². The first kappa shape index (κ1) is 21.0.